The lowest BCUT2D eigenvalue weighted by Gasteiger charge is -2.58. The molecule has 9 rings (SSSR count). The molecule has 27 heavy (non-hydrogen) atoms. The highest BCUT2D eigenvalue weighted by atomic mass is 16.3. The van der Waals surface area contributed by atoms with Crippen LogP contribution in [0.3, 0.4) is 0 Å². The van der Waals surface area contributed by atoms with Gasteiger partial charge >= 0.3 is 0 Å². The molecule has 8 fully saturated rings. The van der Waals surface area contributed by atoms with Crippen molar-refractivity contribution in [1.82, 2.24) is 0 Å². The molecule has 0 saturated heterocycles. The number of aromatic hydroxyl groups is 1. The number of hydrogen-bond acceptors (Lipinski definition) is 1. The van der Waals surface area contributed by atoms with Gasteiger partial charge in [0.25, 0.3) is 0 Å². The topological polar surface area (TPSA) is 20.2 Å². The van der Waals surface area contributed by atoms with Crippen LogP contribution in [-0.4, -0.2) is 5.11 Å². The highest BCUT2D eigenvalue weighted by Gasteiger charge is 2.54. The first-order valence-corrected chi connectivity index (χ1v) is 11.9. The van der Waals surface area contributed by atoms with Crippen LogP contribution in [-0.2, 0) is 10.8 Å². The van der Waals surface area contributed by atoms with Gasteiger partial charge in [0.15, 0.2) is 0 Å². The molecule has 0 spiro atoms. The molecule has 8 aliphatic carbocycles. The molecule has 8 aliphatic rings. The van der Waals surface area contributed by atoms with E-state index in [1.807, 2.05) is 0 Å². The van der Waals surface area contributed by atoms with E-state index < -0.39 is 0 Å². The van der Waals surface area contributed by atoms with Crippen molar-refractivity contribution < 1.29 is 5.11 Å². The zero-order valence-electron chi connectivity index (χ0n) is 16.6. The van der Waals surface area contributed by atoms with E-state index in [9.17, 15) is 5.11 Å². The predicted molar refractivity (Wildman–Crippen MR) is 108 cm³/mol. The molecule has 8 bridgehead atoms. The molecule has 0 aliphatic heterocycles. The van der Waals surface area contributed by atoms with Gasteiger partial charge < -0.3 is 5.11 Å². The van der Waals surface area contributed by atoms with Gasteiger partial charge in [-0.1, -0.05) is 12.1 Å². The van der Waals surface area contributed by atoms with Crippen molar-refractivity contribution in [3.05, 3.63) is 29.3 Å². The summed E-state index contributed by atoms with van der Waals surface area (Å²) in [6, 6.07) is 6.98. The summed E-state index contributed by atoms with van der Waals surface area (Å²) in [5.41, 5.74) is 3.76. The van der Waals surface area contributed by atoms with E-state index in [-0.39, 0.29) is 0 Å². The lowest BCUT2D eigenvalue weighted by molar-refractivity contribution is -0.00898. The Bertz CT molecular complexity index is 719. The first-order valence-electron chi connectivity index (χ1n) is 11.9. The largest absolute Gasteiger partial charge is 0.508 e. The van der Waals surface area contributed by atoms with Gasteiger partial charge in [-0.05, 0) is 135 Å². The van der Waals surface area contributed by atoms with Gasteiger partial charge in [0.2, 0.25) is 0 Å². The number of hydrogen-bond donors (Lipinski definition) is 1. The van der Waals surface area contributed by atoms with Gasteiger partial charge in [-0.25, -0.2) is 0 Å². The third-order valence-electron chi connectivity index (χ3n) is 10.3. The quantitative estimate of drug-likeness (QED) is 0.652. The lowest BCUT2D eigenvalue weighted by Crippen LogP contribution is -2.49. The maximum Gasteiger partial charge on any atom is 0.119 e. The Morgan fingerprint density at radius 2 is 1.00 bits per heavy atom. The summed E-state index contributed by atoms with van der Waals surface area (Å²) in [5.74, 6) is 6.43. The van der Waals surface area contributed by atoms with E-state index in [2.05, 4.69) is 18.2 Å². The lowest BCUT2D eigenvalue weighted by atomic mass is 9.46. The van der Waals surface area contributed by atoms with Gasteiger partial charge in [-0.15, -0.1) is 0 Å². The highest BCUT2D eigenvalue weighted by molar-refractivity contribution is 5.46. The summed E-state index contributed by atoms with van der Waals surface area (Å²) >= 11 is 0. The van der Waals surface area contributed by atoms with E-state index in [0.29, 0.717) is 16.6 Å². The minimum Gasteiger partial charge on any atom is -0.508 e. The SMILES string of the molecule is Oc1ccc(C23CC4CC(CC(C4)C2)C3)cc1C12CC3CC(CC(C3)C1)C2. The second-order valence-corrected chi connectivity index (χ2v) is 12.1. The molecule has 1 nitrogen and oxygen atoms in total. The standard InChI is InChI=1S/C26H34O/c27-24-2-1-22(25-10-16-3-17(11-25)5-18(4-16)12-25)9-23(24)26-13-19-6-20(14-26)8-21(7-19)15-26/h1-2,9,16-21,27H,3-8,10-15H2. The molecular weight excluding hydrogens is 328 g/mol. The van der Waals surface area contributed by atoms with Gasteiger partial charge in [0.05, 0.1) is 0 Å². The van der Waals surface area contributed by atoms with Crippen molar-refractivity contribution in [2.24, 2.45) is 35.5 Å². The fourth-order valence-electron chi connectivity index (χ4n) is 10.2. The highest BCUT2D eigenvalue weighted by Crippen LogP contribution is 2.64. The zero-order valence-corrected chi connectivity index (χ0v) is 16.6. The normalized spacial score (nSPS) is 51.9. The maximum atomic E-state index is 11.0. The maximum absolute atomic E-state index is 11.0. The number of phenolic OH excluding ortho intramolecular Hbond substituents is 1. The summed E-state index contributed by atoms with van der Waals surface area (Å²) in [6.45, 7) is 0. The molecule has 144 valence electrons. The Morgan fingerprint density at radius 3 is 1.44 bits per heavy atom. The predicted octanol–water partition coefficient (Wildman–Crippen LogP) is 6.33. The van der Waals surface area contributed by atoms with Crippen molar-refractivity contribution in [1.29, 1.82) is 0 Å². The Labute approximate surface area is 163 Å². The molecule has 1 aromatic carbocycles. The van der Waals surface area contributed by atoms with Crippen molar-refractivity contribution >= 4 is 0 Å². The van der Waals surface area contributed by atoms with Crippen LogP contribution in [0.4, 0.5) is 0 Å². The first kappa shape index (κ1) is 15.9. The van der Waals surface area contributed by atoms with Gasteiger partial charge in [-0.3, -0.25) is 0 Å². The number of rotatable bonds is 2. The second-order valence-electron chi connectivity index (χ2n) is 12.1. The van der Waals surface area contributed by atoms with E-state index in [1.54, 1.807) is 5.56 Å². The van der Waals surface area contributed by atoms with Crippen molar-refractivity contribution in [2.75, 3.05) is 0 Å². The minimum absolute atomic E-state index is 0.317. The molecule has 0 radical (unpaired) electrons. The second kappa shape index (κ2) is 5.14. The van der Waals surface area contributed by atoms with Crippen LogP contribution in [0.2, 0.25) is 0 Å². The third kappa shape index (κ3) is 2.18. The summed E-state index contributed by atoms with van der Waals surface area (Å²) in [4.78, 5) is 0. The summed E-state index contributed by atoms with van der Waals surface area (Å²) in [6.07, 6.45) is 17.4. The number of phenols is 1. The average molecular weight is 363 g/mol. The minimum atomic E-state index is 0.317. The average Bonchev–Trinajstić information content (AvgIpc) is 2.59. The zero-order chi connectivity index (χ0) is 17.8. The Balaban J connectivity index is 1.31. The summed E-state index contributed by atoms with van der Waals surface area (Å²) < 4.78 is 0. The molecule has 0 atom stereocenters. The molecule has 8 saturated carbocycles. The third-order valence-corrected chi connectivity index (χ3v) is 10.3. The van der Waals surface area contributed by atoms with Crippen LogP contribution >= 0.6 is 0 Å². The Hall–Kier alpha value is -0.980. The number of benzene rings is 1. The Kier molecular flexibility index (Phi) is 3.02. The van der Waals surface area contributed by atoms with Crippen LogP contribution in [0.5, 0.6) is 5.75 Å². The fourth-order valence-corrected chi connectivity index (χ4v) is 10.2. The molecule has 0 aromatic heterocycles. The molecule has 0 unspecified atom stereocenters. The molecule has 1 N–H and O–H groups in total. The molecular formula is C26H34O. The van der Waals surface area contributed by atoms with E-state index in [4.69, 9.17) is 0 Å². The van der Waals surface area contributed by atoms with Crippen molar-refractivity contribution in [3.63, 3.8) is 0 Å². The van der Waals surface area contributed by atoms with E-state index >= 15 is 0 Å². The first-order chi connectivity index (χ1) is 13.1. The summed E-state index contributed by atoms with van der Waals surface area (Å²) in [7, 11) is 0. The molecule has 0 amide bonds. The van der Waals surface area contributed by atoms with Gasteiger partial charge in [0, 0.05) is 5.56 Å². The molecule has 0 heterocycles. The monoisotopic (exact) mass is 362 g/mol. The van der Waals surface area contributed by atoms with Crippen LogP contribution in [0.25, 0.3) is 0 Å². The van der Waals surface area contributed by atoms with Crippen molar-refractivity contribution in [2.45, 2.75) is 87.9 Å². The molecule has 1 aromatic rings. The van der Waals surface area contributed by atoms with Gasteiger partial charge in [-0.2, -0.15) is 0 Å². The Morgan fingerprint density at radius 1 is 0.593 bits per heavy atom. The van der Waals surface area contributed by atoms with E-state index in [0.717, 1.165) is 35.5 Å². The van der Waals surface area contributed by atoms with Crippen LogP contribution in [0.15, 0.2) is 18.2 Å². The van der Waals surface area contributed by atoms with Crippen LogP contribution < -0.4 is 0 Å². The van der Waals surface area contributed by atoms with Gasteiger partial charge in [0.1, 0.15) is 5.75 Å². The van der Waals surface area contributed by atoms with Crippen molar-refractivity contribution in [3.8, 4) is 5.75 Å². The molecule has 1 heteroatoms. The fraction of sp³-hybridized carbons (Fsp3) is 0.769. The van der Waals surface area contributed by atoms with E-state index in [1.165, 1.54) is 82.6 Å². The summed E-state index contributed by atoms with van der Waals surface area (Å²) in [5, 5.41) is 11.0. The van der Waals surface area contributed by atoms with Crippen LogP contribution in [0.1, 0.15) is 88.2 Å². The van der Waals surface area contributed by atoms with Crippen LogP contribution in [0, 0.1) is 35.5 Å². The smallest absolute Gasteiger partial charge is 0.119 e.